The van der Waals surface area contributed by atoms with E-state index in [0.29, 0.717) is 23.6 Å². The van der Waals surface area contributed by atoms with Gasteiger partial charge in [0.25, 0.3) is 0 Å². The lowest BCUT2D eigenvalue weighted by molar-refractivity contribution is 0.306. The summed E-state index contributed by atoms with van der Waals surface area (Å²) in [6.45, 7) is 2.52. The monoisotopic (exact) mass is 432 g/mol. The number of hydrogen-bond donors (Lipinski definition) is 1. The van der Waals surface area contributed by atoms with Crippen molar-refractivity contribution in [3.63, 3.8) is 0 Å². The van der Waals surface area contributed by atoms with E-state index in [1.807, 2.05) is 24.3 Å². The van der Waals surface area contributed by atoms with Gasteiger partial charge in [0.05, 0.1) is 6.21 Å². The number of aromatic nitrogens is 3. The standard InChI is InChI=1S/C24H21FN4OS/c1-17-6-8-19(9-7-17)16-30-22-5-3-2-4-20(22)15-26-29-23(27-28-24(29)31)14-18-10-12-21(25)13-11-18/h2-13,15H,14,16H2,1H3,(H,28,31)/b26-15-. The van der Waals surface area contributed by atoms with E-state index in [1.54, 1.807) is 23.0 Å². The molecule has 31 heavy (non-hydrogen) atoms. The topological polar surface area (TPSA) is 55.2 Å². The Morgan fingerprint density at radius 3 is 2.52 bits per heavy atom. The van der Waals surface area contributed by atoms with E-state index in [9.17, 15) is 4.39 Å². The molecule has 0 unspecified atom stereocenters. The van der Waals surface area contributed by atoms with Crippen LogP contribution in [0.25, 0.3) is 0 Å². The predicted molar refractivity (Wildman–Crippen MR) is 122 cm³/mol. The van der Waals surface area contributed by atoms with Gasteiger partial charge in [-0.1, -0.05) is 54.1 Å². The van der Waals surface area contributed by atoms with E-state index in [1.165, 1.54) is 17.7 Å². The van der Waals surface area contributed by atoms with Crippen molar-refractivity contribution >= 4 is 18.4 Å². The van der Waals surface area contributed by atoms with Gasteiger partial charge in [-0.2, -0.15) is 14.9 Å². The lowest BCUT2D eigenvalue weighted by Crippen LogP contribution is -2.02. The number of para-hydroxylation sites is 1. The molecule has 0 saturated carbocycles. The number of hydrogen-bond acceptors (Lipinski definition) is 4. The molecular weight excluding hydrogens is 411 g/mol. The molecule has 0 aliphatic heterocycles. The maximum atomic E-state index is 13.2. The van der Waals surface area contributed by atoms with Crippen LogP contribution in [-0.2, 0) is 13.0 Å². The van der Waals surface area contributed by atoms with Crippen LogP contribution in [0.3, 0.4) is 0 Å². The second-order valence-corrected chi connectivity index (χ2v) is 7.50. The lowest BCUT2D eigenvalue weighted by Gasteiger charge is -2.09. The highest BCUT2D eigenvalue weighted by atomic mass is 32.1. The molecule has 1 aromatic heterocycles. The van der Waals surface area contributed by atoms with Gasteiger partial charge in [0.1, 0.15) is 18.2 Å². The van der Waals surface area contributed by atoms with Crippen LogP contribution >= 0.6 is 12.2 Å². The van der Waals surface area contributed by atoms with Crippen molar-refractivity contribution in [2.45, 2.75) is 20.0 Å². The summed E-state index contributed by atoms with van der Waals surface area (Å²) in [4.78, 5) is 0. The Balaban J connectivity index is 1.52. The van der Waals surface area contributed by atoms with Crippen molar-refractivity contribution in [3.05, 3.63) is 111 Å². The normalized spacial score (nSPS) is 11.2. The van der Waals surface area contributed by atoms with Gasteiger partial charge in [-0.05, 0) is 54.5 Å². The lowest BCUT2D eigenvalue weighted by atomic mass is 10.1. The minimum absolute atomic E-state index is 0.275. The summed E-state index contributed by atoms with van der Waals surface area (Å²) < 4.78 is 21.1. The van der Waals surface area contributed by atoms with Crippen LogP contribution in [0.4, 0.5) is 4.39 Å². The van der Waals surface area contributed by atoms with Gasteiger partial charge >= 0.3 is 0 Å². The van der Waals surface area contributed by atoms with Crippen molar-refractivity contribution in [1.29, 1.82) is 0 Å². The van der Waals surface area contributed by atoms with Crippen molar-refractivity contribution in [2.24, 2.45) is 5.10 Å². The van der Waals surface area contributed by atoms with Crippen LogP contribution in [-0.4, -0.2) is 21.1 Å². The van der Waals surface area contributed by atoms with E-state index >= 15 is 0 Å². The minimum atomic E-state index is -0.275. The Kier molecular flexibility index (Phi) is 6.33. The number of aryl methyl sites for hydroxylation is 1. The zero-order valence-electron chi connectivity index (χ0n) is 17.0. The Hall–Kier alpha value is -3.58. The Morgan fingerprint density at radius 2 is 1.74 bits per heavy atom. The van der Waals surface area contributed by atoms with E-state index in [0.717, 1.165) is 22.4 Å². The highest BCUT2D eigenvalue weighted by molar-refractivity contribution is 7.71. The first-order valence-corrected chi connectivity index (χ1v) is 10.2. The predicted octanol–water partition coefficient (Wildman–Crippen LogP) is 5.44. The largest absolute Gasteiger partial charge is 0.488 e. The third kappa shape index (κ3) is 5.32. The summed E-state index contributed by atoms with van der Waals surface area (Å²) in [6.07, 6.45) is 2.17. The van der Waals surface area contributed by atoms with Crippen LogP contribution in [0.5, 0.6) is 5.75 Å². The summed E-state index contributed by atoms with van der Waals surface area (Å²) >= 11 is 5.32. The quantitative estimate of drug-likeness (QED) is 0.313. The number of nitrogens with zero attached hydrogens (tertiary/aromatic N) is 3. The zero-order valence-corrected chi connectivity index (χ0v) is 17.8. The highest BCUT2D eigenvalue weighted by Crippen LogP contribution is 2.18. The number of ether oxygens (including phenoxy) is 1. The van der Waals surface area contributed by atoms with Crippen LogP contribution in [0.2, 0.25) is 0 Å². The average Bonchev–Trinajstić information content (AvgIpc) is 3.13. The van der Waals surface area contributed by atoms with Gasteiger partial charge in [-0.3, -0.25) is 5.10 Å². The smallest absolute Gasteiger partial charge is 0.216 e. The van der Waals surface area contributed by atoms with Gasteiger partial charge in [0.15, 0.2) is 5.82 Å². The number of nitrogens with one attached hydrogen (secondary N) is 1. The number of rotatable bonds is 7. The second-order valence-electron chi connectivity index (χ2n) is 7.12. The molecule has 4 aromatic rings. The molecule has 0 bridgehead atoms. The first-order valence-electron chi connectivity index (χ1n) is 9.81. The number of halogens is 1. The number of H-pyrrole nitrogens is 1. The SMILES string of the molecule is Cc1ccc(COc2ccccc2/C=N\n2c(Cc3ccc(F)cc3)n[nH]c2=S)cc1. The molecule has 0 radical (unpaired) electrons. The molecule has 0 atom stereocenters. The average molecular weight is 433 g/mol. The maximum absolute atomic E-state index is 13.2. The van der Waals surface area contributed by atoms with E-state index < -0.39 is 0 Å². The molecule has 3 aromatic carbocycles. The molecule has 0 aliphatic rings. The molecule has 7 heteroatoms. The van der Waals surface area contributed by atoms with Gasteiger partial charge < -0.3 is 4.74 Å². The Bertz CT molecular complexity index is 1240. The van der Waals surface area contributed by atoms with Crippen LogP contribution < -0.4 is 4.74 Å². The van der Waals surface area contributed by atoms with Crippen LogP contribution in [0.15, 0.2) is 77.9 Å². The van der Waals surface area contributed by atoms with Gasteiger partial charge in [0, 0.05) is 12.0 Å². The van der Waals surface area contributed by atoms with Gasteiger partial charge in [-0.25, -0.2) is 4.39 Å². The molecule has 0 spiro atoms. The third-order valence-electron chi connectivity index (χ3n) is 4.74. The molecule has 0 fully saturated rings. The van der Waals surface area contributed by atoms with E-state index in [4.69, 9.17) is 17.0 Å². The van der Waals surface area contributed by atoms with Crippen molar-refractivity contribution in [3.8, 4) is 5.75 Å². The minimum Gasteiger partial charge on any atom is -0.488 e. The Morgan fingerprint density at radius 1 is 1.03 bits per heavy atom. The molecule has 0 amide bonds. The molecule has 0 aliphatic carbocycles. The van der Waals surface area contributed by atoms with Crippen LogP contribution in [0, 0.1) is 17.5 Å². The summed E-state index contributed by atoms with van der Waals surface area (Å²) in [5.74, 6) is 1.08. The first-order chi connectivity index (χ1) is 15.1. The summed E-state index contributed by atoms with van der Waals surface area (Å²) in [6, 6.07) is 22.2. The zero-order chi connectivity index (χ0) is 21.6. The summed E-state index contributed by atoms with van der Waals surface area (Å²) in [5, 5.41) is 11.5. The van der Waals surface area contributed by atoms with Gasteiger partial charge in [-0.15, -0.1) is 0 Å². The fourth-order valence-electron chi connectivity index (χ4n) is 3.03. The van der Waals surface area contributed by atoms with Crippen molar-refractivity contribution < 1.29 is 9.13 Å². The fraction of sp³-hybridized carbons (Fsp3) is 0.125. The molecule has 4 rings (SSSR count). The molecule has 1 N–H and O–H groups in total. The fourth-order valence-corrected chi connectivity index (χ4v) is 3.22. The Labute approximate surface area is 184 Å². The van der Waals surface area contributed by atoms with Crippen molar-refractivity contribution in [1.82, 2.24) is 14.9 Å². The molecule has 0 saturated heterocycles. The highest BCUT2D eigenvalue weighted by Gasteiger charge is 2.08. The molecule has 156 valence electrons. The summed E-state index contributed by atoms with van der Waals surface area (Å²) in [5.41, 5.74) is 4.04. The number of aromatic amines is 1. The summed E-state index contributed by atoms with van der Waals surface area (Å²) in [7, 11) is 0. The van der Waals surface area contributed by atoms with E-state index in [2.05, 4.69) is 46.5 Å². The maximum Gasteiger partial charge on any atom is 0.216 e. The third-order valence-corrected chi connectivity index (χ3v) is 5.00. The van der Waals surface area contributed by atoms with Gasteiger partial charge in [0.2, 0.25) is 4.77 Å². The molecular formula is C24H21FN4OS. The molecule has 5 nitrogen and oxygen atoms in total. The first kappa shape index (κ1) is 20.7. The molecule has 1 heterocycles. The van der Waals surface area contributed by atoms with E-state index in [-0.39, 0.29) is 5.82 Å². The van der Waals surface area contributed by atoms with Crippen LogP contribution in [0.1, 0.15) is 28.1 Å². The van der Waals surface area contributed by atoms with Crippen molar-refractivity contribution in [2.75, 3.05) is 0 Å². The number of benzene rings is 3. The second kappa shape index (κ2) is 9.49.